The molecular weight excluding hydrogens is 628 g/mol. The summed E-state index contributed by atoms with van der Waals surface area (Å²) in [6.45, 7) is 9.81. The predicted molar refractivity (Wildman–Crippen MR) is 189 cm³/mol. The van der Waals surface area contributed by atoms with Crippen LogP contribution in [0.3, 0.4) is 0 Å². The zero-order valence-electron chi connectivity index (χ0n) is 29.4. The summed E-state index contributed by atoms with van der Waals surface area (Å²) < 4.78 is 24.5. The van der Waals surface area contributed by atoms with Crippen molar-refractivity contribution in [3.05, 3.63) is 65.7 Å². The number of sulfone groups is 1. The fraction of sp³-hybridized carbons (Fsp3) is 0.622. The molecule has 2 aliphatic rings. The molecule has 0 bridgehead atoms. The Morgan fingerprint density at radius 1 is 0.958 bits per heavy atom. The lowest BCUT2D eigenvalue weighted by Gasteiger charge is -2.47. The van der Waals surface area contributed by atoms with Crippen LogP contribution in [-0.4, -0.2) is 89.2 Å². The van der Waals surface area contributed by atoms with E-state index in [1.165, 1.54) is 26.3 Å². The molecule has 3 unspecified atom stereocenters. The number of carbonyl (C=O) groups is 2. The number of nitrogens with one attached hydrogen (secondary N) is 3. The van der Waals surface area contributed by atoms with Gasteiger partial charge >= 0.3 is 0 Å². The Kier molecular flexibility index (Phi) is 12.4. The highest BCUT2D eigenvalue weighted by atomic mass is 32.2. The molecule has 0 spiro atoms. The highest BCUT2D eigenvalue weighted by molar-refractivity contribution is 7.92. The number of carbonyl (C=O) groups excluding carboxylic acids is 2. The number of benzene rings is 2. The highest BCUT2D eigenvalue weighted by Gasteiger charge is 2.45. The summed E-state index contributed by atoms with van der Waals surface area (Å²) in [4.78, 5) is 29.9. The second kappa shape index (κ2) is 15.7. The minimum Gasteiger partial charge on any atom is -0.508 e. The summed E-state index contributed by atoms with van der Waals surface area (Å²) in [5, 5.41) is 31.5. The minimum atomic E-state index is -3.74. The lowest BCUT2D eigenvalue weighted by molar-refractivity contribution is -0.133. The van der Waals surface area contributed by atoms with Gasteiger partial charge in [-0.1, -0.05) is 67.8 Å². The van der Waals surface area contributed by atoms with Gasteiger partial charge < -0.3 is 26.2 Å². The van der Waals surface area contributed by atoms with Crippen molar-refractivity contribution < 1.29 is 28.2 Å². The molecule has 5 N–H and O–H groups in total. The SMILES string of the molecule is CC(C)(C)NC(=O)C1C[C@@H]2CCCC[C@@H]2CN1CC(O)C(Cc1ccccc1)NC(=O)[C@@H](NCc1ccccc1O)C(C)(C)S(C)(=O)=O. The van der Waals surface area contributed by atoms with E-state index >= 15 is 0 Å². The molecule has 48 heavy (non-hydrogen) atoms. The number of aliphatic hydroxyl groups is 1. The van der Waals surface area contributed by atoms with E-state index in [0.717, 1.165) is 37.5 Å². The molecule has 4 rings (SSSR count). The number of hydrogen-bond donors (Lipinski definition) is 5. The fourth-order valence-corrected chi connectivity index (χ4v) is 7.77. The van der Waals surface area contributed by atoms with E-state index in [0.29, 0.717) is 30.4 Å². The van der Waals surface area contributed by atoms with Crippen molar-refractivity contribution in [1.82, 2.24) is 20.9 Å². The van der Waals surface area contributed by atoms with E-state index in [9.17, 15) is 28.2 Å². The first kappa shape index (κ1) is 37.8. The van der Waals surface area contributed by atoms with Gasteiger partial charge in [-0.05, 0) is 77.3 Å². The molecule has 2 amide bonds. The summed E-state index contributed by atoms with van der Waals surface area (Å²) in [6.07, 6.45) is 5.62. The van der Waals surface area contributed by atoms with Gasteiger partial charge in [-0.3, -0.25) is 14.5 Å². The van der Waals surface area contributed by atoms with Crippen LogP contribution >= 0.6 is 0 Å². The number of amides is 2. The quantitative estimate of drug-likeness (QED) is 0.215. The van der Waals surface area contributed by atoms with Crippen molar-refractivity contribution in [2.24, 2.45) is 11.8 Å². The van der Waals surface area contributed by atoms with E-state index in [1.54, 1.807) is 18.2 Å². The molecule has 266 valence electrons. The number of aliphatic hydroxyl groups excluding tert-OH is 1. The molecule has 2 aromatic rings. The zero-order valence-corrected chi connectivity index (χ0v) is 30.2. The Bertz CT molecular complexity index is 1490. The van der Waals surface area contributed by atoms with E-state index < -0.39 is 50.3 Å². The van der Waals surface area contributed by atoms with Crippen LogP contribution < -0.4 is 16.0 Å². The minimum absolute atomic E-state index is 0.0329. The second-order valence-electron chi connectivity index (χ2n) is 15.4. The number of β-amino-alcohol motifs (C(OH)–C–C–N with tert-alkyl or cyclic N) is 1. The van der Waals surface area contributed by atoms with Gasteiger partial charge in [0.05, 0.1) is 22.9 Å². The molecule has 1 heterocycles. The average molecular weight is 685 g/mol. The largest absolute Gasteiger partial charge is 0.508 e. The van der Waals surface area contributed by atoms with E-state index in [2.05, 4.69) is 20.9 Å². The number of likely N-dealkylation sites (tertiary alicyclic amines) is 1. The highest BCUT2D eigenvalue weighted by Crippen LogP contribution is 2.39. The van der Waals surface area contributed by atoms with E-state index in [4.69, 9.17) is 0 Å². The first-order valence-corrected chi connectivity index (χ1v) is 19.1. The molecule has 0 radical (unpaired) electrons. The number of rotatable bonds is 13. The van der Waals surface area contributed by atoms with Crippen molar-refractivity contribution in [1.29, 1.82) is 0 Å². The molecule has 10 nitrogen and oxygen atoms in total. The van der Waals surface area contributed by atoms with Gasteiger partial charge in [0.15, 0.2) is 9.84 Å². The molecule has 1 aliphatic heterocycles. The normalized spacial score (nSPS) is 22.6. The summed E-state index contributed by atoms with van der Waals surface area (Å²) in [7, 11) is -3.74. The van der Waals surface area contributed by atoms with Crippen molar-refractivity contribution in [3.8, 4) is 5.75 Å². The van der Waals surface area contributed by atoms with Gasteiger partial charge in [0.1, 0.15) is 11.8 Å². The Morgan fingerprint density at radius 3 is 2.21 bits per heavy atom. The molecule has 2 aromatic carbocycles. The Labute approximate surface area is 287 Å². The van der Waals surface area contributed by atoms with Crippen LogP contribution in [0.15, 0.2) is 54.6 Å². The third-order valence-electron chi connectivity index (χ3n) is 10.2. The number of hydrogen-bond acceptors (Lipinski definition) is 8. The van der Waals surface area contributed by atoms with E-state index in [-0.39, 0.29) is 24.7 Å². The molecule has 11 heteroatoms. The number of piperidine rings is 1. The average Bonchev–Trinajstić information content (AvgIpc) is 3.00. The second-order valence-corrected chi connectivity index (χ2v) is 18.0. The Balaban J connectivity index is 1.61. The Morgan fingerprint density at radius 2 is 1.58 bits per heavy atom. The number of phenolic OH excluding ortho intramolecular Hbond substituents is 1. The van der Waals surface area contributed by atoms with Crippen LogP contribution in [0.2, 0.25) is 0 Å². The first-order chi connectivity index (χ1) is 22.5. The number of para-hydroxylation sites is 1. The van der Waals surface area contributed by atoms with Crippen molar-refractivity contribution in [3.63, 3.8) is 0 Å². The predicted octanol–water partition coefficient (Wildman–Crippen LogP) is 3.56. The standard InChI is InChI=1S/C37H56N4O6S/c1-36(2,3)40-34(44)30-21-26-16-10-11-18-28(26)23-41(30)24-32(43)29(20-25-14-8-7-9-15-25)39-35(45)33(37(4,5)48(6,46)47)38-22-27-17-12-13-19-31(27)42/h7-9,12-15,17,19,26,28-30,32-33,38,42-43H,10-11,16,18,20-24H2,1-6H3,(H,39,45)(H,40,44)/t26-,28+,29?,30?,32?,33+/m0/s1. The lowest BCUT2D eigenvalue weighted by atomic mass is 9.72. The van der Waals surface area contributed by atoms with Gasteiger partial charge in [-0.2, -0.15) is 0 Å². The number of nitrogens with zero attached hydrogens (tertiary/aromatic N) is 1. The fourth-order valence-electron chi connectivity index (χ4n) is 7.15. The summed E-state index contributed by atoms with van der Waals surface area (Å²) in [5.74, 6) is 0.326. The third-order valence-corrected chi connectivity index (χ3v) is 12.4. The van der Waals surface area contributed by atoms with Gasteiger partial charge in [0, 0.05) is 37.0 Å². The van der Waals surface area contributed by atoms with Gasteiger partial charge in [0.2, 0.25) is 11.8 Å². The van der Waals surface area contributed by atoms with Gasteiger partial charge in [0.25, 0.3) is 0 Å². The molecule has 1 aliphatic carbocycles. The summed E-state index contributed by atoms with van der Waals surface area (Å²) in [6, 6.07) is 13.8. The molecule has 2 fully saturated rings. The molecule has 1 saturated carbocycles. The maximum atomic E-state index is 14.2. The summed E-state index contributed by atoms with van der Waals surface area (Å²) in [5.41, 5.74) is 1.02. The van der Waals surface area contributed by atoms with Crippen LogP contribution in [0.1, 0.15) is 77.8 Å². The van der Waals surface area contributed by atoms with Crippen molar-refractivity contribution >= 4 is 21.7 Å². The number of phenols is 1. The molecule has 0 aromatic heterocycles. The van der Waals surface area contributed by atoms with Crippen molar-refractivity contribution in [2.75, 3.05) is 19.3 Å². The van der Waals surface area contributed by atoms with Crippen LogP contribution in [0.5, 0.6) is 5.75 Å². The maximum Gasteiger partial charge on any atom is 0.239 e. The number of fused-ring (bicyclic) bond motifs is 1. The van der Waals surface area contributed by atoms with Gasteiger partial charge in [-0.25, -0.2) is 8.42 Å². The van der Waals surface area contributed by atoms with Crippen LogP contribution in [-0.2, 0) is 32.4 Å². The van der Waals surface area contributed by atoms with Gasteiger partial charge in [-0.15, -0.1) is 0 Å². The topological polar surface area (TPSA) is 148 Å². The lowest BCUT2D eigenvalue weighted by Crippen LogP contribution is -2.63. The van der Waals surface area contributed by atoms with Crippen LogP contribution in [0.4, 0.5) is 0 Å². The smallest absolute Gasteiger partial charge is 0.239 e. The van der Waals surface area contributed by atoms with Crippen molar-refractivity contribution in [2.45, 2.75) is 114 Å². The monoisotopic (exact) mass is 684 g/mol. The number of aromatic hydroxyl groups is 1. The van der Waals surface area contributed by atoms with E-state index in [1.807, 2.05) is 51.1 Å². The molecule has 6 atom stereocenters. The van der Waals surface area contributed by atoms with Crippen LogP contribution in [0, 0.1) is 11.8 Å². The third kappa shape index (κ3) is 9.80. The Hall–Kier alpha value is -2.99. The zero-order chi connectivity index (χ0) is 35.3. The maximum absolute atomic E-state index is 14.2. The first-order valence-electron chi connectivity index (χ1n) is 17.2. The summed E-state index contributed by atoms with van der Waals surface area (Å²) >= 11 is 0. The van der Waals surface area contributed by atoms with Crippen LogP contribution in [0.25, 0.3) is 0 Å². The molecular formula is C37H56N4O6S. The molecule has 1 saturated heterocycles.